The first-order valence-electron chi connectivity index (χ1n) is 17.4. The van der Waals surface area contributed by atoms with Crippen LogP contribution in [-0.2, 0) is 0 Å². The number of hydrogen-bond donors (Lipinski definition) is 0. The average Bonchev–Trinajstić information content (AvgIpc) is 3.81. The Kier molecular flexibility index (Phi) is 7.29. The van der Waals surface area contributed by atoms with Gasteiger partial charge in [0.1, 0.15) is 0 Å². The van der Waals surface area contributed by atoms with Gasteiger partial charge in [-0.05, 0) is 70.6 Å². The number of fused-ring (bicyclic) bond motifs is 4. The van der Waals surface area contributed by atoms with Crippen molar-refractivity contribution >= 4 is 43.2 Å². The van der Waals surface area contributed by atoms with E-state index >= 15 is 0 Å². The van der Waals surface area contributed by atoms with E-state index in [9.17, 15) is 0 Å². The van der Waals surface area contributed by atoms with Crippen LogP contribution < -0.4 is 0 Å². The molecule has 3 heterocycles. The molecule has 0 saturated heterocycles. The lowest BCUT2D eigenvalue weighted by molar-refractivity contribution is 1.07. The number of nitrogens with zero attached hydrogens (tertiary/aromatic N) is 4. The van der Waals surface area contributed by atoms with Gasteiger partial charge >= 0.3 is 0 Å². The molecular formula is C47H30N4S. The fraction of sp³-hybridized carbons (Fsp3) is 0. The van der Waals surface area contributed by atoms with Crippen LogP contribution in [0.2, 0.25) is 0 Å². The van der Waals surface area contributed by atoms with Gasteiger partial charge in [-0.25, -0.2) is 15.0 Å². The number of thiophene rings is 1. The maximum atomic E-state index is 5.20. The molecule has 5 heteroatoms. The summed E-state index contributed by atoms with van der Waals surface area (Å²) in [5.74, 6) is 1.91. The van der Waals surface area contributed by atoms with Crippen LogP contribution in [0.25, 0.3) is 93.3 Å². The molecule has 7 aromatic carbocycles. The lowest BCUT2D eigenvalue weighted by Crippen LogP contribution is -2.01. The highest BCUT2D eigenvalue weighted by Crippen LogP contribution is 2.38. The van der Waals surface area contributed by atoms with E-state index in [1.165, 1.54) is 25.9 Å². The van der Waals surface area contributed by atoms with Gasteiger partial charge in [-0.15, -0.1) is 11.3 Å². The van der Waals surface area contributed by atoms with Gasteiger partial charge in [0.2, 0.25) is 0 Å². The quantitative estimate of drug-likeness (QED) is 0.175. The molecule has 244 valence electrons. The van der Waals surface area contributed by atoms with Crippen molar-refractivity contribution in [1.82, 2.24) is 19.5 Å². The largest absolute Gasteiger partial charge is 0.309 e. The standard InChI is InChI=1S/C47H30N4S/c1-3-13-31(14-4-1)37-18-8-9-20-39(37)47-49-45(33-25-23-32(24-26-33)44-30-34-15-7-12-22-43(34)52-44)48-46(50-47)35-27-28-42-40(29-35)38-19-10-11-21-41(38)51(42)36-16-5-2-6-17-36/h1-30H. The van der Waals surface area contributed by atoms with Crippen molar-refractivity contribution in [2.75, 3.05) is 0 Å². The maximum absolute atomic E-state index is 5.20. The van der Waals surface area contributed by atoms with Crippen molar-refractivity contribution in [3.63, 3.8) is 0 Å². The first-order valence-corrected chi connectivity index (χ1v) is 18.2. The third-order valence-electron chi connectivity index (χ3n) is 9.69. The van der Waals surface area contributed by atoms with Gasteiger partial charge in [0.15, 0.2) is 17.5 Å². The molecule has 4 nitrogen and oxygen atoms in total. The van der Waals surface area contributed by atoms with Gasteiger partial charge in [-0.1, -0.05) is 133 Å². The van der Waals surface area contributed by atoms with Crippen molar-refractivity contribution in [3.8, 4) is 61.4 Å². The first-order chi connectivity index (χ1) is 25.8. The van der Waals surface area contributed by atoms with Gasteiger partial charge in [-0.3, -0.25) is 0 Å². The molecule has 3 aromatic heterocycles. The van der Waals surface area contributed by atoms with Gasteiger partial charge in [0.25, 0.3) is 0 Å². The molecule has 0 unspecified atom stereocenters. The molecule has 10 aromatic rings. The van der Waals surface area contributed by atoms with Crippen LogP contribution in [0.4, 0.5) is 0 Å². The third-order valence-corrected chi connectivity index (χ3v) is 10.9. The highest BCUT2D eigenvalue weighted by Gasteiger charge is 2.18. The number of para-hydroxylation sites is 2. The Labute approximate surface area is 305 Å². The molecule has 0 spiro atoms. The summed E-state index contributed by atoms with van der Waals surface area (Å²) >= 11 is 1.81. The van der Waals surface area contributed by atoms with Crippen molar-refractivity contribution in [1.29, 1.82) is 0 Å². The van der Waals surface area contributed by atoms with Crippen LogP contribution in [-0.4, -0.2) is 19.5 Å². The topological polar surface area (TPSA) is 43.6 Å². The molecule has 0 aliphatic carbocycles. The molecule has 0 atom stereocenters. The minimum Gasteiger partial charge on any atom is -0.309 e. The summed E-state index contributed by atoms with van der Waals surface area (Å²) in [5, 5.41) is 3.60. The second-order valence-corrected chi connectivity index (χ2v) is 13.9. The van der Waals surface area contributed by atoms with Crippen LogP contribution in [0.15, 0.2) is 182 Å². The van der Waals surface area contributed by atoms with Crippen molar-refractivity contribution in [2.24, 2.45) is 0 Å². The van der Waals surface area contributed by atoms with Crippen LogP contribution in [0.3, 0.4) is 0 Å². The zero-order chi connectivity index (χ0) is 34.4. The monoisotopic (exact) mass is 682 g/mol. The summed E-state index contributed by atoms with van der Waals surface area (Å²) in [4.78, 5) is 16.8. The molecule has 52 heavy (non-hydrogen) atoms. The Morgan fingerprint density at radius 1 is 0.385 bits per heavy atom. The highest BCUT2D eigenvalue weighted by atomic mass is 32.1. The highest BCUT2D eigenvalue weighted by molar-refractivity contribution is 7.22. The molecule has 0 N–H and O–H groups in total. The molecule has 0 saturated carbocycles. The van der Waals surface area contributed by atoms with Gasteiger partial charge in [-0.2, -0.15) is 0 Å². The van der Waals surface area contributed by atoms with Crippen molar-refractivity contribution < 1.29 is 0 Å². The lowest BCUT2D eigenvalue weighted by atomic mass is 9.99. The molecule has 0 fully saturated rings. The number of aromatic nitrogens is 4. The van der Waals surface area contributed by atoms with Gasteiger partial charge in [0, 0.05) is 42.7 Å². The minimum absolute atomic E-state index is 0.634. The molecule has 0 amide bonds. The molecule has 0 aliphatic heterocycles. The van der Waals surface area contributed by atoms with E-state index in [4.69, 9.17) is 15.0 Å². The fourth-order valence-electron chi connectivity index (χ4n) is 7.18. The van der Waals surface area contributed by atoms with Gasteiger partial charge < -0.3 is 4.57 Å². The first kappa shape index (κ1) is 30.2. The van der Waals surface area contributed by atoms with E-state index < -0.39 is 0 Å². The predicted molar refractivity (Wildman–Crippen MR) is 217 cm³/mol. The Bertz CT molecular complexity index is 2860. The van der Waals surface area contributed by atoms with Crippen LogP contribution in [0.1, 0.15) is 0 Å². The Hall–Kier alpha value is -6.69. The summed E-state index contributed by atoms with van der Waals surface area (Å²) in [5.41, 5.74) is 9.63. The predicted octanol–water partition coefficient (Wildman–Crippen LogP) is 12.5. The van der Waals surface area contributed by atoms with E-state index in [2.05, 4.69) is 180 Å². The normalized spacial score (nSPS) is 11.5. The Morgan fingerprint density at radius 3 is 1.79 bits per heavy atom. The summed E-state index contributed by atoms with van der Waals surface area (Å²) in [6, 6.07) is 63.8. The SMILES string of the molecule is c1ccc(-c2ccccc2-c2nc(-c3ccc(-c4cc5ccccc5s4)cc3)nc(-c3ccc4c(c3)c3ccccc3n4-c3ccccc3)n2)cc1. The van der Waals surface area contributed by atoms with Crippen LogP contribution >= 0.6 is 11.3 Å². The Morgan fingerprint density at radius 2 is 0.981 bits per heavy atom. The van der Waals surface area contributed by atoms with E-state index in [1.807, 2.05) is 17.4 Å². The van der Waals surface area contributed by atoms with Crippen LogP contribution in [0.5, 0.6) is 0 Å². The second-order valence-electron chi connectivity index (χ2n) is 12.9. The molecule has 0 radical (unpaired) electrons. The van der Waals surface area contributed by atoms with E-state index in [0.29, 0.717) is 17.5 Å². The Balaban J connectivity index is 1.15. The van der Waals surface area contributed by atoms with Crippen molar-refractivity contribution in [2.45, 2.75) is 0 Å². The zero-order valence-electron chi connectivity index (χ0n) is 28.0. The second kappa shape index (κ2) is 12.6. The van der Waals surface area contributed by atoms with E-state index in [0.717, 1.165) is 49.9 Å². The fourth-order valence-corrected chi connectivity index (χ4v) is 8.25. The van der Waals surface area contributed by atoms with Gasteiger partial charge in [0.05, 0.1) is 11.0 Å². The molecular weight excluding hydrogens is 653 g/mol. The summed E-state index contributed by atoms with van der Waals surface area (Å²) in [6.45, 7) is 0. The summed E-state index contributed by atoms with van der Waals surface area (Å²) < 4.78 is 3.61. The number of benzene rings is 7. The maximum Gasteiger partial charge on any atom is 0.164 e. The molecule has 0 bridgehead atoms. The molecule has 10 rings (SSSR count). The van der Waals surface area contributed by atoms with Crippen LogP contribution in [0, 0.1) is 0 Å². The smallest absolute Gasteiger partial charge is 0.164 e. The van der Waals surface area contributed by atoms with E-state index in [-0.39, 0.29) is 0 Å². The zero-order valence-corrected chi connectivity index (χ0v) is 28.8. The van der Waals surface area contributed by atoms with E-state index in [1.54, 1.807) is 0 Å². The number of rotatable bonds is 6. The third kappa shape index (κ3) is 5.27. The average molecular weight is 683 g/mol. The van der Waals surface area contributed by atoms with Crippen molar-refractivity contribution in [3.05, 3.63) is 182 Å². The lowest BCUT2D eigenvalue weighted by Gasteiger charge is -2.12. The summed E-state index contributed by atoms with van der Waals surface area (Å²) in [7, 11) is 0. The number of hydrogen-bond acceptors (Lipinski definition) is 4. The minimum atomic E-state index is 0.634. The summed E-state index contributed by atoms with van der Waals surface area (Å²) in [6.07, 6.45) is 0. The molecule has 0 aliphatic rings.